The largest absolute Gasteiger partial charge is 0.508 e. The Balaban J connectivity index is 3.10. The van der Waals surface area contributed by atoms with Crippen molar-refractivity contribution in [2.45, 2.75) is 13.8 Å². The number of carbonyl (C=O) groups excluding carboxylic acids is 1. The van der Waals surface area contributed by atoms with Crippen molar-refractivity contribution < 1.29 is 9.90 Å². The summed E-state index contributed by atoms with van der Waals surface area (Å²) in [4.78, 5) is 12.1. The summed E-state index contributed by atoms with van der Waals surface area (Å²) in [6, 6.07) is 4.72. The quantitative estimate of drug-likeness (QED) is 0.503. The first-order chi connectivity index (χ1) is 8.47. The number of allylic oxidation sites excluding steroid dienone is 5. The van der Waals surface area contributed by atoms with Crippen LogP contribution in [0.1, 0.15) is 22.8 Å². The third-order valence-electron chi connectivity index (χ3n) is 2.54. The van der Waals surface area contributed by atoms with Crippen molar-refractivity contribution in [3.63, 3.8) is 0 Å². The van der Waals surface area contributed by atoms with E-state index >= 15 is 0 Å². The molecule has 2 nitrogen and oxygen atoms in total. The van der Waals surface area contributed by atoms with Crippen molar-refractivity contribution in [1.82, 2.24) is 0 Å². The van der Waals surface area contributed by atoms with E-state index in [0.29, 0.717) is 21.7 Å². The number of aryl methyl sites for hydroxylation is 1. The van der Waals surface area contributed by atoms with Gasteiger partial charge in [0, 0.05) is 16.2 Å². The number of rotatable bonds is 4. The van der Waals surface area contributed by atoms with Gasteiger partial charge in [-0.2, -0.15) is 0 Å². The summed E-state index contributed by atoms with van der Waals surface area (Å²) in [6.07, 6.45) is 4.88. The summed E-state index contributed by atoms with van der Waals surface area (Å²) in [6.45, 7) is 6.94. The highest BCUT2D eigenvalue weighted by atomic mass is 35.5. The van der Waals surface area contributed by atoms with Crippen LogP contribution >= 0.6 is 11.6 Å². The molecule has 0 fully saturated rings. The van der Waals surface area contributed by atoms with Crippen molar-refractivity contribution >= 4 is 17.4 Å². The fourth-order valence-corrected chi connectivity index (χ4v) is 1.56. The lowest BCUT2D eigenvalue weighted by molar-refractivity contribution is 0.103. The number of hydrogen-bond donors (Lipinski definition) is 1. The second kappa shape index (κ2) is 6.22. The Morgan fingerprint density at radius 1 is 1.44 bits per heavy atom. The zero-order valence-corrected chi connectivity index (χ0v) is 11.2. The minimum Gasteiger partial charge on any atom is -0.508 e. The predicted molar refractivity (Wildman–Crippen MR) is 75.1 cm³/mol. The first-order valence-electron chi connectivity index (χ1n) is 5.47. The molecule has 0 aliphatic carbocycles. The van der Waals surface area contributed by atoms with E-state index in [-0.39, 0.29) is 11.5 Å². The number of phenols is 1. The van der Waals surface area contributed by atoms with Gasteiger partial charge in [0.15, 0.2) is 5.78 Å². The maximum Gasteiger partial charge on any atom is 0.190 e. The number of phenolic OH excluding ortho intramolecular Hbond substituents is 1. The molecule has 0 aromatic heterocycles. The van der Waals surface area contributed by atoms with Gasteiger partial charge in [0.25, 0.3) is 0 Å². The van der Waals surface area contributed by atoms with Crippen molar-refractivity contribution in [3.8, 4) is 5.75 Å². The zero-order valence-electron chi connectivity index (χ0n) is 10.4. The second-order valence-corrected chi connectivity index (χ2v) is 4.31. The summed E-state index contributed by atoms with van der Waals surface area (Å²) >= 11 is 6.00. The summed E-state index contributed by atoms with van der Waals surface area (Å²) < 4.78 is 0. The molecule has 0 aliphatic rings. The fourth-order valence-electron chi connectivity index (χ4n) is 1.40. The van der Waals surface area contributed by atoms with E-state index in [9.17, 15) is 9.90 Å². The van der Waals surface area contributed by atoms with Crippen LogP contribution in [-0.2, 0) is 0 Å². The normalized spacial score (nSPS) is 12.4. The van der Waals surface area contributed by atoms with E-state index < -0.39 is 0 Å². The van der Waals surface area contributed by atoms with Crippen LogP contribution < -0.4 is 0 Å². The maximum absolute atomic E-state index is 12.1. The number of benzene rings is 1. The lowest BCUT2D eigenvalue weighted by Gasteiger charge is -2.05. The molecule has 18 heavy (non-hydrogen) atoms. The number of aromatic hydroxyl groups is 1. The van der Waals surface area contributed by atoms with Crippen molar-refractivity contribution in [1.29, 1.82) is 0 Å². The van der Waals surface area contributed by atoms with Crippen LogP contribution in [0.4, 0.5) is 0 Å². The van der Waals surface area contributed by atoms with Gasteiger partial charge in [-0.25, -0.2) is 0 Å². The highest BCUT2D eigenvalue weighted by Crippen LogP contribution is 2.21. The molecule has 0 amide bonds. The number of halogens is 1. The van der Waals surface area contributed by atoms with Gasteiger partial charge in [0.05, 0.1) is 0 Å². The Labute approximate surface area is 112 Å². The molecule has 0 heterocycles. The average molecular weight is 263 g/mol. The first-order valence-corrected chi connectivity index (χ1v) is 5.85. The number of carbonyl (C=O) groups is 1. The molecule has 94 valence electrons. The first kappa shape index (κ1) is 14.3. The van der Waals surface area contributed by atoms with Crippen LogP contribution in [0.15, 0.2) is 53.6 Å². The van der Waals surface area contributed by atoms with Crippen molar-refractivity contribution in [2.24, 2.45) is 0 Å². The number of ketones is 1. The average Bonchev–Trinajstić information content (AvgIpc) is 2.37. The smallest absolute Gasteiger partial charge is 0.190 e. The molecule has 1 aromatic rings. The molecule has 1 rings (SSSR count). The molecular weight excluding hydrogens is 248 g/mol. The topological polar surface area (TPSA) is 37.3 Å². The molecule has 0 spiro atoms. The van der Waals surface area contributed by atoms with E-state index in [1.807, 2.05) is 0 Å². The summed E-state index contributed by atoms with van der Waals surface area (Å²) in [7, 11) is 0. The molecule has 1 aromatic carbocycles. The molecule has 0 radical (unpaired) electrons. The van der Waals surface area contributed by atoms with Gasteiger partial charge in [-0.15, -0.1) is 0 Å². The Morgan fingerprint density at radius 2 is 2.11 bits per heavy atom. The number of Topliss-reactive ketones (excluding diaryl/α,β-unsaturated/α-hetero) is 1. The maximum atomic E-state index is 12.1. The molecule has 0 saturated carbocycles. The van der Waals surface area contributed by atoms with Crippen LogP contribution in [-0.4, -0.2) is 10.9 Å². The standard InChI is InChI=1S/C15H15ClO2/c1-4-5-6-13(16)11(3)15(18)12-7-8-14(17)10(2)9-12/h4-9,17H,1H2,2-3H3/b6-5-,13-11-. The minimum atomic E-state index is -0.156. The van der Waals surface area contributed by atoms with E-state index in [1.54, 1.807) is 44.2 Å². The van der Waals surface area contributed by atoms with Crippen LogP contribution in [0.3, 0.4) is 0 Å². The summed E-state index contributed by atoms with van der Waals surface area (Å²) in [5, 5.41) is 9.80. The Bertz CT molecular complexity index is 539. The van der Waals surface area contributed by atoms with E-state index in [1.165, 1.54) is 6.07 Å². The monoisotopic (exact) mass is 262 g/mol. The van der Waals surface area contributed by atoms with Crippen LogP contribution in [0.2, 0.25) is 0 Å². The van der Waals surface area contributed by atoms with E-state index in [0.717, 1.165) is 0 Å². The van der Waals surface area contributed by atoms with Gasteiger partial charge in [0.1, 0.15) is 5.75 Å². The lowest BCUT2D eigenvalue weighted by atomic mass is 10.0. The minimum absolute atomic E-state index is 0.156. The summed E-state index contributed by atoms with van der Waals surface area (Å²) in [5.74, 6) is 0.0163. The van der Waals surface area contributed by atoms with E-state index in [4.69, 9.17) is 11.6 Å². The SMILES string of the molecule is C=C/C=C\C(Cl)=C(/C)C(=O)c1ccc(O)c(C)c1. The zero-order chi connectivity index (χ0) is 13.7. The molecule has 0 saturated heterocycles. The third-order valence-corrected chi connectivity index (χ3v) is 2.95. The van der Waals surface area contributed by atoms with Gasteiger partial charge in [0.2, 0.25) is 0 Å². The van der Waals surface area contributed by atoms with E-state index in [2.05, 4.69) is 6.58 Å². The molecule has 0 aliphatic heterocycles. The lowest BCUT2D eigenvalue weighted by Crippen LogP contribution is -2.02. The highest BCUT2D eigenvalue weighted by molar-refractivity contribution is 6.34. The highest BCUT2D eigenvalue weighted by Gasteiger charge is 2.11. The van der Waals surface area contributed by atoms with Crippen LogP contribution in [0.5, 0.6) is 5.75 Å². The second-order valence-electron chi connectivity index (χ2n) is 3.90. The van der Waals surface area contributed by atoms with Crippen LogP contribution in [0.25, 0.3) is 0 Å². The molecule has 0 unspecified atom stereocenters. The Kier molecular flexibility index (Phi) is 4.93. The fraction of sp³-hybridized carbons (Fsp3) is 0.133. The third kappa shape index (κ3) is 3.34. The van der Waals surface area contributed by atoms with Gasteiger partial charge < -0.3 is 5.11 Å². The summed E-state index contributed by atoms with van der Waals surface area (Å²) in [5.41, 5.74) is 1.62. The Morgan fingerprint density at radius 3 is 2.67 bits per heavy atom. The van der Waals surface area contributed by atoms with Crippen LogP contribution in [0, 0.1) is 6.92 Å². The molecule has 0 atom stereocenters. The van der Waals surface area contributed by atoms with Crippen molar-refractivity contribution in [2.75, 3.05) is 0 Å². The predicted octanol–water partition coefficient (Wildman–Crippen LogP) is 4.14. The Hall–Kier alpha value is -1.80. The van der Waals surface area contributed by atoms with Crippen molar-refractivity contribution in [3.05, 3.63) is 64.7 Å². The van der Waals surface area contributed by atoms with Gasteiger partial charge in [-0.1, -0.05) is 30.3 Å². The van der Waals surface area contributed by atoms with Gasteiger partial charge in [-0.05, 0) is 43.7 Å². The number of hydrogen-bond acceptors (Lipinski definition) is 2. The molecular formula is C15H15ClO2. The molecule has 1 N–H and O–H groups in total. The van der Waals surface area contributed by atoms with Gasteiger partial charge >= 0.3 is 0 Å². The van der Waals surface area contributed by atoms with Gasteiger partial charge in [-0.3, -0.25) is 4.79 Å². The molecule has 3 heteroatoms. The molecule has 0 bridgehead atoms.